The van der Waals surface area contributed by atoms with Crippen LogP contribution in [0.2, 0.25) is 0 Å². The van der Waals surface area contributed by atoms with Crippen LogP contribution in [0.1, 0.15) is 81.1 Å². The lowest BCUT2D eigenvalue weighted by Gasteiger charge is -2.15. The van der Waals surface area contributed by atoms with Crippen LogP contribution in [0.4, 0.5) is 0 Å². The zero-order valence-electron chi connectivity index (χ0n) is 24.1. The van der Waals surface area contributed by atoms with Gasteiger partial charge in [-0.3, -0.25) is 4.79 Å². The van der Waals surface area contributed by atoms with Gasteiger partial charge in [0.25, 0.3) is 0 Å². The van der Waals surface area contributed by atoms with Crippen molar-refractivity contribution in [1.82, 2.24) is 5.32 Å². The minimum Gasteiger partial charge on any atom is -0.426 e. The number of unbranched alkanes of at least 4 members (excludes halogenated alkanes) is 4. The van der Waals surface area contributed by atoms with Gasteiger partial charge in [0.15, 0.2) is 9.84 Å². The molecule has 0 radical (unpaired) electrons. The molecule has 3 rings (SSSR count). The number of rotatable bonds is 19. The number of benzene rings is 2. The van der Waals surface area contributed by atoms with Gasteiger partial charge in [0.2, 0.25) is 0 Å². The quantitative estimate of drug-likeness (QED) is 0.0926. The minimum atomic E-state index is -3.26. The van der Waals surface area contributed by atoms with Crippen LogP contribution >= 0.6 is 0 Å². The Morgan fingerprint density at radius 3 is 2.46 bits per heavy atom. The summed E-state index contributed by atoms with van der Waals surface area (Å²) in [5.41, 5.74) is 2.19. The number of aliphatic hydroxyl groups is 2. The highest BCUT2D eigenvalue weighted by Gasteiger charge is 2.27. The van der Waals surface area contributed by atoms with Gasteiger partial charge in [-0.2, -0.15) is 0 Å². The lowest BCUT2D eigenvalue weighted by atomic mass is 10.1. The van der Waals surface area contributed by atoms with E-state index in [2.05, 4.69) is 5.32 Å². The van der Waals surface area contributed by atoms with Crippen molar-refractivity contribution in [3.05, 3.63) is 71.3 Å². The fraction of sp³-hybridized carbons (Fsp3) is 0.531. The van der Waals surface area contributed by atoms with Gasteiger partial charge in [0.1, 0.15) is 5.75 Å². The molecule has 3 N–H and O–H groups in total. The van der Waals surface area contributed by atoms with Crippen molar-refractivity contribution in [2.24, 2.45) is 0 Å². The van der Waals surface area contributed by atoms with Crippen LogP contribution in [-0.4, -0.2) is 56.2 Å². The third-order valence-corrected chi connectivity index (χ3v) is 9.43. The Morgan fingerprint density at radius 1 is 1.00 bits per heavy atom. The van der Waals surface area contributed by atoms with E-state index >= 15 is 0 Å². The molecule has 1 unspecified atom stereocenters. The van der Waals surface area contributed by atoms with Crippen molar-refractivity contribution < 1.29 is 32.9 Å². The second-order valence-electron chi connectivity index (χ2n) is 10.6. The Kier molecular flexibility index (Phi) is 14.0. The number of carbonyl (C=O) groups is 1. The highest BCUT2D eigenvalue weighted by atomic mass is 32.2. The molecule has 0 bridgehead atoms. The third kappa shape index (κ3) is 11.0. The monoisotopic (exact) mass is 587 g/mol. The summed E-state index contributed by atoms with van der Waals surface area (Å²) >= 11 is 0. The summed E-state index contributed by atoms with van der Waals surface area (Å²) in [6.07, 6.45) is 11.3. The van der Waals surface area contributed by atoms with Gasteiger partial charge in [0, 0.05) is 32.2 Å². The molecule has 0 fully saturated rings. The molecule has 41 heavy (non-hydrogen) atoms. The van der Waals surface area contributed by atoms with Crippen molar-refractivity contribution in [3.63, 3.8) is 0 Å². The van der Waals surface area contributed by atoms with Gasteiger partial charge in [-0.15, -0.1) is 0 Å². The molecule has 1 atom stereocenters. The molecule has 2 aromatic rings. The van der Waals surface area contributed by atoms with Gasteiger partial charge >= 0.3 is 5.97 Å². The van der Waals surface area contributed by atoms with E-state index in [1.807, 2.05) is 30.4 Å². The van der Waals surface area contributed by atoms with E-state index in [1.54, 1.807) is 24.3 Å². The largest absolute Gasteiger partial charge is 0.426 e. The number of aliphatic hydroxyl groups excluding tert-OH is 2. The highest BCUT2D eigenvalue weighted by molar-refractivity contribution is 7.92. The maximum Gasteiger partial charge on any atom is 0.308 e. The summed E-state index contributed by atoms with van der Waals surface area (Å²) in [5, 5.41) is 22.9. The van der Waals surface area contributed by atoms with Gasteiger partial charge in [-0.1, -0.05) is 43.2 Å². The molecular formula is C32H45NO7S. The Labute approximate surface area is 244 Å². The molecule has 0 spiro atoms. The summed E-state index contributed by atoms with van der Waals surface area (Å²) in [5.74, 6) is -0.148. The average molecular weight is 588 g/mol. The first-order chi connectivity index (χ1) is 19.8. The maximum absolute atomic E-state index is 12.8. The normalized spacial score (nSPS) is 14.4. The number of sulfone groups is 1. The van der Waals surface area contributed by atoms with Crippen LogP contribution in [0.15, 0.2) is 59.5 Å². The predicted molar refractivity (Wildman–Crippen MR) is 160 cm³/mol. The number of allylic oxidation sites excluding steroid dienone is 2. The number of ether oxygens (including phenoxy) is 2. The fourth-order valence-electron chi connectivity index (χ4n) is 4.90. The molecule has 9 heteroatoms. The molecule has 0 amide bonds. The first-order valence-corrected chi connectivity index (χ1v) is 16.2. The van der Waals surface area contributed by atoms with Crippen LogP contribution in [0, 0.1) is 0 Å². The fourth-order valence-corrected chi connectivity index (χ4v) is 6.60. The zero-order chi connectivity index (χ0) is 29.5. The molecule has 0 aliphatic heterocycles. The standard InChI is InChI=1S/C32H45NO7S/c1-25(35)40-32-17-16-27(22-28(32)24-34)31(36)23-33-18-7-2-3-8-19-39-20-9-6-11-26-12-10-15-30(21-26)41(37,38)29-13-4-5-14-29/h4-5,10,12,15-17,21-22,29,31,33-34,36H,2-3,6-9,11,13-14,18-20,23-24H2,1H3. The van der Waals surface area contributed by atoms with E-state index in [0.29, 0.717) is 47.8 Å². The summed E-state index contributed by atoms with van der Waals surface area (Å²) in [7, 11) is -3.26. The van der Waals surface area contributed by atoms with Crippen LogP contribution in [0.25, 0.3) is 0 Å². The number of nitrogens with one attached hydrogen (secondary N) is 1. The van der Waals surface area contributed by atoms with E-state index < -0.39 is 21.9 Å². The Morgan fingerprint density at radius 2 is 1.73 bits per heavy atom. The Balaban J connectivity index is 1.18. The van der Waals surface area contributed by atoms with Crippen molar-refractivity contribution in [1.29, 1.82) is 0 Å². The van der Waals surface area contributed by atoms with Crippen molar-refractivity contribution in [3.8, 4) is 5.75 Å². The van der Waals surface area contributed by atoms with E-state index in [9.17, 15) is 23.4 Å². The second kappa shape index (κ2) is 17.4. The molecule has 1 aliphatic carbocycles. The third-order valence-electron chi connectivity index (χ3n) is 7.26. The van der Waals surface area contributed by atoms with Gasteiger partial charge in [0.05, 0.1) is 22.9 Å². The van der Waals surface area contributed by atoms with Crippen molar-refractivity contribution in [2.45, 2.75) is 87.6 Å². The van der Waals surface area contributed by atoms with E-state index in [1.165, 1.54) is 6.92 Å². The van der Waals surface area contributed by atoms with Gasteiger partial charge in [-0.05, 0) is 86.9 Å². The summed E-state index contributed by atoms with van der Waals surface area (Å²) in [6, 6.07) is 12.3. The minimum absolute atomic E-state index is 0.276. The maximum atomic E-state index is 12.8. The lowest BCUT2D eigenvalue weighted by molar-refractivity contribution is -0.131. The zero-order valence-corrected chi connectivity index (χ0v) is 24.9. The average Bonchev–Trinajstić information content (AvgIpc) is 3.52. The number of carbonyl (C=O) groups excluding carboxylic acids is 1. The number of hydrogen-bond acceptors (Lipinski definition) is 8. The topological polar surface area (TPSA) is 122 Å². The summed E-state index contributed by atoms with van der Waals surface area (Å²) in [6.45, 7) is 3.69. The molecule has 0 saturated heterocycles. The van der Waals surface area contributed by atoms with Crippen LogP contribution in [0.5, 0.6) is 5.75 Å². The summed E-state index contributed by atoms with van der Waals surface area (Å²) < 4.78 is 36.5. The second-order valence-corrected chi connectivity index (χ2v) is 12.8. The summed E-state index contributed by atoms with van der Waals surface area (Å²) in [4.78, 5) is 11.6. The van der Waals surface area contributed by atoms with Gasteiger partial charge in [-0.25, -0.2) is 8.42 Å². The van der Waals surface area contributed by atoms with Crippen LogP contribution < -0.4 is 10.1 Å². The number of esters is 1. The SMILES string of the molecule is CC(=O)Oc1ccc(C(O)CNCCCCCCOCCCCc2cccc(S(=O)(=O)C3CC=CC3)c2)cc1CO. The molecule has 0 aromatic heterocycles. The molecule has 226 valence electrons. The van der Waals surface area contributed by atoms with Crippen molar-refractivity contribution >= 4 is 15.8 Å². The first-order valence-electron chi connectivity index (χ1n) is 14.7. The molecule has 0 saturated carbocycles. The van der Waals surface area contributed by atoms with Gasteiger partial charge < -0.3 is 25.0 Å². The smallest absolute Gasteiger partial charge is 0.308 e. The molecular weight excluding hydrogens is 542 g/mol. The number of hydrogen-bond donors (Lipinski definition) is 3. The van der Waals surface area contributed by atoms with E-state index in [0.717, 1.165) is 63.7 Å². The molecule has 8 nitrogen and oxygen atoms in total. The lowest BCUT2D eigenvalue weighted by Crippen LogP contribution is -2.22. The van der Waals surface area contributed by atoms with E-state index in [-0.39, 0.29) is 11.9 Å². The van der Waals surface area contributed by atoms with Crippen LogP contribution in [0.3, 0.4) is 0 Å². The predicted octanol–water partition coefficient (Wildman–Crippen LogP) is 4.82. The van der Waals surface area contributed by atoms with Crippen LogP contribution in [-0.2, 0) is 32.4 Å². The number of aryl methyl sites for hydroxylation is 1. The first kappa shape index (κ1) is 32.9. The molecule has 2 aromatic carbocycles. The Bertz CT molecular complexity index is 1220. The highest BCUT2D eigenvalue weighted by Crippen LogP contribution is 2.26. The molecule has 1 aliphatic rings. The Hall–Kier alpha value is -2.56. The molecule has 0 heterocycles. The van der Waals surface area contributed by atoms with Crippen molar-refractivity contribution in [2.75, 3.05) is 26.3 Å². The van der Waals surface area contributed by atoms with E-state index in [4.69, 9.17) is 9.47 Å².